The van der Waals surface area contributed by atoms with Crippen molar-refractivity contribution in [2.24, 2.45) is 0 Å². The normalized spacial score (nSPS) is 10.9. The van der Waals surface area contributed by atoms with E-state index in [2.05, 4.69) is 41.5 Å². The molecular weight excluding hydrogens is 1550 g/mol. The van der Waals surface area contributed by atoms with Gasteiger partial charge in [0.1, 0.15) is 34.6 Å². The molecule has 0 aliphatic carbocycles. The van der Waals surface area contributed by atoms with Crippen LogP contribution in [-0.4, -0.2) is 39.6 Å². The molecule has 12 nitrogen and oxygen atoms in total. The van der Waals surface area contributed by atoms with Crippen molar-refractivity contribution in [2.75, 3.05) is 39.6 Å². The second-order valence-electron chi connectivity index (χ2n) is 36.3. The molecular formula is C113H202O12. The molecule has 0 unspecified atom stereocenters. The standard InChI is InChI=1S/C23H42O2.C21H38O2.C19H34O2.C18H32O2.C17H30O2.C15H26O2/c1-3-4-5-6-7-8-9-10-11-12-13-14-15-16-17-18-21-24-23-20-19-22(2)25-23;1-3-4-5-6-7-8-9-10-11-12-13-14-15-16-19-22-21-18-17-20(2)23-21;1-3-4-5-6-7-8-9-10-11-12-13-14-17-20-19-16-15-18(2)21-19;1-3-4-5-6-7-8-9-10-11-12-13-16-19-18-15-14-17(2)20-18;1-3-4-5-6-7-8-9-10-11-12-15-18-17-14-13-16(2)19-17;1-3-4-5-6-7-8-9-10-13-16-15-12-11-14(2)17-15/h19-20H,3-18,21H2,1-2H3;17-18H,3-16,19H2,1-2H3;15-16H,3-14,17H2,1-2H3;14-15H,3-13,16H2,1-2H3;13-14H,3-12,15H2,1-2H3;11-12H,3-10,13H2,1-2H3. The predicted molar refractivity (Wildman–Crippen MR) is 535 cm³/mol. The van der Waals surface area contributed by atoms with Crippen LogP contribution < -0.4 is 28.4 Å². The second-order valence-corrected chi connectivity index (χ2v) is 36.3. The molecule has 0 N–H and O–H groups in total. The molecule has 0 radical (unpaired) electrons. The maximum atomic E-state index is 5.58. The Hall–Kier alpha value is -5.52. The van der Waals surface area contributed by atoms with Crippen LogP contribution in [0.2, 0.25) is 0 Å². The first-order chi connectivity index (χ1) is 61.5. The topological polar surface area (TPSA) is 134 Å². The first kappa shape index (κ1) is 117. The molecule has 0 bridgehead atoms. The highest BCUT2D eigenvalue weighted by Gasteiger charge is 2.07. The first-order valence-corrected chi connectivity index (χ1v) is 53.6. The third kappa shape index (κ3) is 85.0. The maximum absolute atomic E-state index is 5.58. The van der Waals surface area contributed by atoms with Crippen LogP contribution in [0.25, 0.3) is 0 Å². The SMILES string of the molecule is CCCCCCCCCCCCCCCCCCOc1ccc(C)o1.CCCCCCCCCCCCCCCCOc1ccc(C)o1.CCCCCCCCCCCCCCOc1ccc(C)o1.CCCCCCCCCCCCCOc1ccc(C)o1.CCCCCCCCCCCCOc1ccc(C)o1.CCCCCCCCCCOc1ccc(C)o1. The molecule has 6 aromatic rings. The third-order valence-electron chi connectivity index (χ3n) is 23.5. The van der Waals surface area contributed by atoms with Crippen LogP contribution in [0.5, 0.6) is 35.7 Å². The van der Waals surface area contributed by atoms with Crippen molar-refractivity contribution >= 4 is 0 Å². The van der Waals surface area contributed by atoms with Crippen molar-refractivity contribution in [3.8, 4) is 35.7 Å². The van der Waals surface area contributed by atoms with Crippen LogP contribution in [0, 0.1) is 41.5 Å². The number of hydrogen-bond acceptors (Lipinski definition) is 12. The van der Waals surface area contributed by atoms with Gasteiger partial charge in [-0.3, -0.25) is 0 Å². The van der Waals surface area contributed by atoms with Crippen molar-refractivity contribution in [2.45, 2.75) is 539 Å². The Morgan fingerprint density at radius 2 is 0.216 bits per heavy atom. The van der Waals surface area contributed by atoms with E-state index in [4.69, 9.17) is 54.9 Å². The van der Waals surface area contributed by atoms with Crippen molar-refractivity contribution in [1.29, 1.82) is 0 Å². The van der Waals surface area contributed by atoms with Crippen LogP contribution in [-0.2, 0) is 0 Å². The molecule has 0 aliphatic rings. The van der Waals surface area contributed by atoms with Gasteiger partial charge in [-0.05, 0) is 116 Å². The number of aryl methyl sites for hydroxylation is 6. The highest BCUT2D eigenvalue weighted by atomic mass is 16.6. The van der Waals surface area contributed by atoms with Gasteiger partial charge < -0.3 is 54.9 Å². The summed E-state index contributed by atoms with van der Waals surface area (Å²) in [6, 6.07) is 23.0. The minimum absolute atomic E-state index is 0.658. The maximum Gasteiger partial charge on any atom is 0.284 e. The molecule has 6 heterocycles. The van der Waals surface area contributed by atoms with E-state index >= 15 is 0 Å². The summed E-state index contributed by atoms with van der Waals surface area (Å²) in [5.41, 5.74) is 0. The van der Waals surface area contributed by atoms with Crippen LogP contribution in [0.15, 0.2) is 99.3 Å². The van der Waals surface area contributed by atoms with Gasteiger partial charge in [0.05, 0.1) is 39.6 Å². The quantitative estimate of drug-likeness (QED) is 0.0337. The van der Waals surface area contributed by atoms with Gasteiger partial charge in [-0.2, -0.15) is 0 Å². The van der Waals surface area contributed by atoms with Crippen molar-refractivity contribution in [1.82, 2.24) is 0 Å². The molecule has 0 saturated heterocycles. The fourth-order valence-electron chi connectivity index (χ4n) is 15.5. The lowest BCUT2D eigenvalue weighted by atomic mass is 10.0. The zero-order valence-corrected chi connectivity index (χ0v) is 84.3. The average molecular weight is 1750 g/mol. The first-order valence-electron chi connectivity index (χ1n) is 53.6. The highest BCUT2D eigenvalue weighted by molar-refractivity contribution is 5.13. The van der Waals surface area contributed by atoms with Gasteiger partial charge in [-0.15, -0.1) is 0 Å². The minimum atomic E-state index is 0.658. The summed E-state index contributed by atoms with van der Waals surface area (Å²) in [5.74, 6) is 9.47. The monoisotopic (exact) mass is 1750 g/mol. The van der Waals surface area contributed by atoms with E-state index in [1.165, 1.54) is 417 Å². The summed E-state index contributed by atoms with van der Waals surface area (Å²) in [7, 11) is 0. The average Bonchev–Trinajstić information content (AvgIpc) is 1.84. The Labute approximate surface area is 772 Å². The zero-order chi connectivity index (χ0) is 90.3. The zero-order valence-electron chi connectivity index (χ0n) is 84.3. The summed E-state index contributed by atoms with van der Waals surface area (Å²) in [6.07, 6.45) is 97.5. The summed E-state index contributed by atoms with van der Waals surface area (Å²) >= 11 is 0. The smallest absolute Gasteiger partial charge is 0.284 e. The van der Waals surface area contributed by atoms with Crippen LogP contribution in [0.1, 0.15) is 532 Å². The number of hydrogen-bond donors (Lipinski definition) is 0. The lowest BCUT2D eigenvalue weighted by Crippen LogP contribution is -1.96. The molecule has 0 saturated carbocycles. The molecule has 6 rings (SSSR count). The van der Waals surface area contributed by atoms with Gasteiger partial charge in [0.15, 0.2) is 0 Å². The molecule has 0 atom stereocenters. The van der Waals surface area contributed by atoms with Gasteiger partial charge in [0, 0.05) is 36.4 Å². The molecule has 0 fully saturated rings. The molecule has 6 aromatic heterocycles. The van der Waals surface area contributed by atoms with Crippen molar-refractivity contribution < 1.29 is 54.9 Å². The Bertz CT molecular complexity index is 2990. The summed E-state index contributed by atoms with van der Waals surface area (Å²) in [5, 5.41) is 0. The van der Waals surface area contributed by atoms with Crippen molar-refractivity contribution in [3.63, 3.8) is 0 Å². The lowest BCUT2D eigenvalue weighted by Gasteiger charge is -2.04. The molecule has 0 amide bonds. The third-order valence-corrected chi connectivity index (χ3v) is 23.5. The van der Waals surface area contributed by atoms with E-state index in [0.717, 1.165) is 113 Å². The number of unbranched alkanes of at least 4 members (excludes halogenated alkanes) is 65. The second kappa shape index (κ2) is 94.6. The molecule has 0 aliphatic heterocycles. The Morgan fingerprint density at radius 3 is 0.296 bits per heavy atom. The summed E-state index contributed by atoms with van der Waals surface area (Å²) < 4.78 is 65.5. The Kier molecular flexibility index (Phi) is 88.9. The lowest BCUT2D eigenvalue weighted by molar-refractivity contribution is 0.232. The van der Waals surface area contributed by atoms with E-state index in [1.807, 2.05) is 114 Å². The van der Waals surface area contributed by atoms with Crippen molar-refractivity contribution in [3.05, 3.63) is 107 Å². The minimum Gasteiger partial charge on any atom is -0.465 e. The summed E-state index contributed by atoms with van der Waals surface area (Å²) in [4.78, 5) is 0. The fourth-order valence-corrected chi connectivity index (χ4v) is 15.5. The van der Waals surface area contributed by atoms with E-state index in [0.29, 0.717) is 35.7 Å². The van der Waals surface area contributed by atoms with Gasteiger partial charge in [0.25, 0.3) is 35.7 Å². The molecule has 12 heteroatoms. The largest absolute Gasteiger partial charge is 0.465 e. The van der Waals surface area contributed by atoms with Gasteiger partial charge >= 0.3 is 0 Å². The number of furan rings is 6. The van der Waals surface area contributed by atoms with Crippen LogP contribution in [0.3, 0.4) is 0 Å². The van der Waals surface area contributed by atoms with Crippen LogP contribution >= 0.6 is 0 Å². The highest BCUT2D eigenvalue weighted by Crippen LogP contribution is 2.25. The van der Waals surface area contributed by atoms with E-state index < -0.39 is 0 Å². The van der Waals surface area contributed by atoms with E-state index in [1.54, 1.807) is 0 Å². The molecule has 0 spiro atoms. The predicted octanol–water partition coefficient (Wildman–Crippen LogP) is 39.6. The summed E-state index contributed by atoms with van der Waals surface area (Å²) in [6.45, 7) is 30.0. The Morgan fingerprint density at radius 1 is 0.128 bits per heavy atom. The van der Waals surface area contributed by atoms with Gasteiger partial charge in [-0.25, -0.2) is 0 Å². The number of rotatable bonds is 83. The molecule has 0 aromatic carbocycles. The van der Waals surface area contributed by atoms with E-state index in [-0.39, 0.29) is 0 Å². The van der Waals surface area contributed by atoms with Crippen LogP contribution in [0.4, 0.5) is 0 Å². The Balaban J connectivity index is 0.000000753. The molecule has 125 heavy (non-hydrogen) atoms. The molecule has 726 valence electrons. The number of ether oxygens (including phenoxy) is 6. The van der Waals surface area contributed by atoms with Gasteiger partial charge in [0.2, 0.25) is 0 Å². The fraction of sp³-hybridized carbons (Fsp3) is 0.788. The van der Waals surface area contributed by atoms with E-state index in [9.17, 15) is 0 Å². The van der Waals surface area contributed by atoms with Gasteiger partial charge in [-0.1, -0.05) is 459 Å².